The van der Waals surface area contributed by atoms with E-state index in [1.165, 1.54) is 11.8 Å². The van der Waals surface area contributed by atoms with Gasteiger partial charge in [-0.3, -0.25) is 4.90 Å². The standard InChI is InChI=1S/C19H31N3O3S.2ClH/c1-25-18-5-3-4-16(14-18)19(15-21-26(2,23)24)8-6-17(7-9-19)22-12-10-20-11-13-22;;/h3-5,14,17,20-21H,6-13,15H2,1-2H3;2*1H. The van der Waals surface area contributed by atoms with Gasteiger partial charge in [-0.05, 0) is 43.4 Å². The van der Waals surface area contributed by atoms with Gasteiger partial charge in [0.25, 0.3) is 0 Å². The minimum atomic E-state index is -3.22. The molecule has 0 aromatic heterocycles. The molecule has 0 amide bonds. The second kappa shape index (κ2) is 11.0. The number of methoxy groups -OCH3 is 1. The molecule has 2 aliphatic rings. The lowest BCUT2D eigenvalue weighted by atomic mass is 9.68. The quantitative estimate of drug-likeness (QED) is 0.690. The minimum Gasteiger partial charge on any atom is -0.497 e. The highest BCUT2D eigenvalue weighted by Gasteiger charge is 2.39. The van der Waals surface area contributed by atoms with Crippen molar-refractivity contribution in [2.75, 3.05) is 46.1 Å². The number of ether oxygens (including phenoxy) is 1. The van der Waals surface area contributed by atoms with Crippen molar-refractivity contribution < 1.29 is 13.2 Å². The molecule has 1 saturated heterocycles. The molecule has 6 nitrogen and oxygen atoms in total. The summed E-state index contributed by atoms with van der Waals surface area (Å²) in [5, 5.41) is 3.41. The number of nitrogens with zero attached hydrogens (tertiary/aromatic N) is 1. The average molecular weight is 454 g/mol. The fourth-order valence-corrected chi connectivity index (χ4v) is 4.90. The number of hydrogen-bond donors (Lipinski definition) is 2. The van der Waals surface area contributed by atoms with Crippen LogP contribution >= 0.6 is 24.8 Å². The molecule has 0 radical (unpaired) electrons. The number of sulfonamides is 1. The fraction of sp³-hybridized carbons (Fsp3) is 0.684. The number of piperazine rings is 1. The van der Waals surface area contributed by atoms with Gasteiger partial charge in [-0.1, -0.05) is 12.1 Å². The molecule has 162 valence electrons. The van der Waals surface area contributed by atoms with Gasteiger partial charge in [-0.2, -0.15) is 0 Å². The van der Waals surface area contributed by atoms with Crippen LogP contribution in [0.1, 0.15) is 31.2 Å². The molecule has 1 saturated carbocycles. The molecular weight excluding hydrogens is 421 g/mol. The Labute approximate surface area is 181 Å². The molecule has 2 N–H and O–H groups in total. The maximum Gasteiger partial charge on any atom is 0.208 e. The number of nitrogens with one attached hydrogen (secondary N) is 2. The second-order valence-corrected chi connectivity index (χ2v) is 9.46. The smallest absolute Gasteiger partial charge is 0.208 e. The molecule has 1 heterocycles. The van der Waals surface area contributed by atoms with E-state index in [0.717, 1.165) is 57.6 Å². The van der Waals surface area contributed by atoms with Crippen LogP contribution in [0.2, 0.25) is 0 Å². The minimum absolute atomic E-state index is 0. The van der Waals surface area contributed by atoms with Crippen molar-refractivity contribution in [2.45, 2.75) is 37.1 Å². The molecule has 28 heavy (non-hydrogen) atoms. The van der Waals surface area contributed by atoms with Crippen molar-refractivity contribution in [1.29, 1.82) is 0 Å². The van der Waals surface area contributed by atoms with Crippen molar-refractivity contribution in [3.8, 4) is 5.75 Å². The van der Waals surface area contributed by atoms with Crippen molar-refractivity contribution in [3.63, 3.8) is 0 Å². The SMILES string of the molecule is COc1cccc(C2(CNS(C)(=O)=O)CCC(N3CCNCC3)CC2)c1.Cl.Cl. The van der Waals surface area contributed by atoms with Crippen LogP contribution in [0.15, 0.2) is 24.3 Å². The maximum absolute atomic E-state index is 11.7. The molecule has 1 aromatic rings. The lowest BCUT2D eigenvalue weighted by molar-refractivity contribution is 0.111. The van der Waals surface area contributed by atoms with E-state index in [4.69, 9.17) is 4.74 Å². The zero-order valence-corrected chi connectivity index (χ0v) is 19.1. The zero-order valence-electron chi connectivity index (χ0n) is 16.6. The number of rotatable bonds is 6. The normalized spacial score (nSPS) is 26.0. The first kappa shape index (κ1) is 25.5. The predicted octanol–water partition coefficient (Wildman–Crippen LogP) is 2.17. The molecule has 2 fully saturated rings. The maximum atomic E-state index is 11.7. The Morgan fingerprint density at radius 1 is 1.21 bits per heavy atom. The number of benzene rings is 1. The summed E-state index contributed by atoms with van der Waals surface area (Å²) >= 11 is 0. The third-order valence-electron chi connectivity index (χ3n) is 5.94. The van der Waals surface area contributed by atoms with Crippen LogP contribution in [-0.4, -0.2) is 65.4 Å². The van der Waals surface area contributed by atoms with Gasteiger partial charge in [-0.25, -0.2) is 13.1 Å². The number of halogens is 2. The average Bonchev–Trinajstić information content (AvgIpc) is 2.67. The molecule has 0 spiro atoms. The molecule has 9 heteroatoms. The van der Waals surface area contributed by atoms with E-state index in [1.807, 2.05) is 12.1 Å². The second-order valence-electron chi connectivity index (χ2n) is 7.62. The summed E-state index contributed by atoms with van der Waals surface area (Å²) in [6.07, 6.45) is 5.40. The van der Waals surface area contributed by atoms with Gasteiger partial charge in [0.05, 0.1) is 13.4 Å². The van der Waals surface area contributed by atoms with E-state index >= 15 is 0 Å². The molecule has 1 aliphatic heterocycles. The number of hydrogen-bond acceptors (Lipinski definition) is 5. The molecule has 3 rings (SSSR count). The first-order valence-corrected chi connectivity index (χ1v) is 11.3. The first-order chi connectivity index (χ1) is 12.4. The van der Waals surface area contributed by atoms with Crippen LogP contribution < -0.4 is 14.8 Å². The lowest BCUT2D eigenvalue weighted by Crippen LogP contribution is -2.52. The summed E-state index contributed by atoms with van der Waals surface area (Å²) in [5.41, 5.74) is 1.01. The van der Waals surface area contributed by atoms with Crippen molar-refractivity contribution in [1.82, 2.24) is 14.9 Å². The van der Waals surface area contributed by atoms with Crippen molar-refractivity contribution >= 4 is 34.8 Å². The highest BCUT2D eigenvalue weighted by atomic mass is 35.5. The zero-order chi connectivity index (χ0) is 18.6. The third-order valence-corrected chi connectivity index (χ3v) is 6.60. The van der Waals surface area contributed by atoms with Crippen molar-refractivity contribution in [2.24, 2.45) is 0 Å². The van der Waals surface area contributed by atoms with Gasteiger partial charge in [0.1, 0.15) is 5.75 Å². The summed E-state index contributed by atoms with van der Waals surface area (Å²) in [4.78, 5) is 2.59. The highest BCUT2D eigenvalue weighted by Crippen LogP contribution is 2.41. The highest BCUT2D eigenvalue weighted by molar-refractivity contribution is 7.88. The summed E-state index contributed by atoms with van der Waals surface area (Å²) in [7, 11) is -1.55. The van der Waals surface area contributed by atoms with E-state index < -0.39 is 10.0 Å². The van der Waals surface area contributed by atoms with Gasteiger partial charge in [0.2, 0.25) is 10.0 Å². The monoisotopic (exact) mass is 453 g/mol. The summed E-state index contributed by atoms with van der Waals surface area (Å²) in [6.45, 7) is 4.80. The Kier molecular flexibility index (Phi) is 10.00. The molecule has 0 atom stereocenters. The first-order valence-electron chi connectivity index (χ1n) is 9.46. The molecular formula is C19H33Cl2N3O3S. The van der Waals surface area contributed by atoms with Gasteiger partial charge >= 0.3 is 0 Å². The van der Waals surface area contributed by atoms with Gasteiger partial charge in [-0.15, -0.1) is 24.8 Å². The van der Waals surface area contributed by atoms with Crippen LogP contribution in [0.4, 0.5) is 0 Å². The largest absolute Gasteiger partial charge is 0.497 e. The van der Waals surface area contributed by atoms with E-state index in [9.17, 15) is 8.42 Å². The summed E-state index contributed by atoms with van der Waals surface area (Å²) in [6, 6.07) is 8.72. The topological polar surface area (TPSA) is 70.7 Å². The van der Waals surface area contributed by atoms with Crippen LogP contribution in [0.5, 0.6) is 5.75 Å². The fourth-order valence-electron chi connectivity index (χ4n) is 4.36. The van der Waals surface area contributed by atoms with Gasteiger partial charge in [0, 0.05) is 44.2 Å². The molecule has 0 bridgehead atoms. The molecule has 0 unspecified atom stereocenters. The Hall–Kier alpha value is -0.570. The van der Waals surface area contributed by atoms with E-state index in [1.54, 1.807) is 7.11 Å². The van der Waals surface area contributed by atoms with E-state index in [-0.39, 0.29) is 30.2 Å². The van der Waals surface area contributed by atoms with Crippen LogP contribution in [0, 0.1) is 0 Å². The molecule has 1 aromatic carbocycles. The summed E-state index contributed by atoms with van der Waals surface area (Å²) in [5.74, 6) is 0.824. The van der Waals surface area contributed by atoms with Crippen LogP contribution in [-0.2, 0) is 15.4 Å². The van der Waals surface area contributed by atoms with Crippen molar-refractivity contribution in [3.05, 3.63) is 29.8 Å². The predicted molar refractivity (Wildman–Crippen MR) is 119 cm³/mol. The Balaban J connectivity index is 0.00000196. The Morgan fingerprint density at radius 3 is 2.43 bits per heavy atom. The van der Waals surface area contributed by atoms with Crippen LogP contribution in [0.25, 0.3) is 0 Å². The van der Waals surface area contributed by atoms with E-state index in [0.29, 0.717) is 12.6 Å². The Bertz CT molecular complexity index is 704. The molecule has 1 aliphatic carbocycles. The Morgan fingerprint density at radius 2 is 1.86 bits per heavy atom. The lowest BCUT2D eigenvalue weighted by Gasteiger charge is -2.45. The van der Waals surface area contributed by atoms with E-state index in [2.05, 4.69) is 27.1 Å². The summed E-state index contributed by atoms with van der Waals surface area (Å²) < 4.78 is 31.6. The van der Waals surface area contributed by atoms with Gasteiger partial charge in [0.15, 0.2) is 0 Å². The van der Waals surface area contributed by atoms with Crippen LogP contribution in [0.3, 0.4) is 0 Å². The third kappa shape index (κ3) is 6.47. The van der Waals surface area contributed by atoms with Gasteiger partial charge < -0.3 is 10.1 Å².